The molecule has 0 saturated carbocycles. The summed E-state index contributed by atoms with van der Waals surface area (Å²) in [4.78, 5) is 16.1. The van der Waals surface area contributed by atoms with Gasteiger partial charge in [0.2, 0.25) is 0 Å². The number of amides is 1. The van der Waals surface area contributed by atoms with Crippen molar-refractivity contribution >= 4 is 23.0 Å². The minimum Gasteiger partial charge on any atom is -0.465 e. The summed E-state index contributed by atoms with van der Waals surface area (Å²) in [5.41, 5.74) is 0.199. The first kappa shape index (κ1) is 18.1. The van der Waals surface area contributed by atoms with Crippen LogP contribution in [0.3, 0.4) is 0 Å². The predicted molar refractivity (Wildman–Crippen MR) is 90.3 cm³/mol. The molecule has 0 spiro atoms. The zero-order valence-corrected chi connectivity index (χ0v) is 14.3. The Kier molecular flexibility index (Phi) is 5.57. The first-order chi connectivity index (χ1) is 12.0. The lowest BCUT2D eigenvalue weighted by atomic mass is 9.99. The minimum absolute atomic E-state index is 0.172. The number of hydrogen-bond acceptors (Lipinski definition) is 6. The first-order valence-corrected chi connectivity index (χ1v) is 8.66. The quantitative estimate of drug-likeness (QED) is 0.838. The molecular formula is C16H19FN2O5S. The third kappa shape index (κ3) is 3.79. The fourth-order valence-electron chi connectivity index (χ4n) is 2.73. The lowest BCUT2D eigenvalue weighted by Gasteiger charge is -2.38. The molecule has 0 aromatic heterocycles. The van der Waals surface area contributed by atoms with E-state index in [2.05, 4.69) is 4.99 Å². The van der Waals surface area contributed by atoms with Gasteiger partial charge in [0.05, 0.1) is 13.2 Å². The summed E-state index contributed by atoms with van der Waals surface area (Å²) >= 11 is 1.04. The SMILES string of the molecule is CN(C(=O)O)C1=N[C@@H]2[C@@H](F)[C@@H](OCc3ccccc3)[C@@H](CO)O[C@@H]2S1. The highest BCUT2D eigenvalue weighted by Crippen LogP contribution is 2.39. The van der Waals surface area contributed by atoms with Crippen molar-refractivity contribution in [2.45, 2.75) is 36.5 Å². The fourth-order valence-corrected chi connectivity index (χ4v) is 3.91. The van der Waals surface area contributed by atoms with Gasteiger partial charge < -0.3 is 19.7 Å². The van der Waals surface area contributed by atoms with Crippen LogP contribution in [-0.4, -0.2) is 69.9 Å². The maximum atomic E-state index is 15.0. The Balaban J connectivity index is 1.72. The molecule has 136 valence electrons. The monoisotopic (exact) mass is 370 g/mol. The lowest BCUT2D eigenvalue weighted by Crippen LogP contribution is -2.55. The Bertz CT molecular complexity index is 647. The average Bonchev–Trinajstić information content (AvgIpc) is 3.05. The van der Waals surface area contributed by atoms with Crippen molar-refractivity contribution in [3.63, 3.8) is 0 Å². The van der Waals surface area contributed by atoms with Crippen molar-refractivity contribution in [1.82, 2.24) is 4.90 Å². The van der Waals surface area contributed by atoms with Crippen LogP contribution >= 0.6 is 11.8 Å². The summed E-state index contributed by atoms with van der Waals surface area (Å²) in [5, 5.41) is 18.7. The molecule has 0 aliphatic carbocycles. The van der Waals surface area contributed by atoms with Gasteiger partial charge in [-0.25, -0.2) is 9.18 Å². The van der Waals surface area contributed by atoms with E-state index in [-0.39, 0.29) is 11.8 Å². The highest BCUT2D eigenvalue weighted by Gasteiger charge is 2.51. The number of carboxylic acid groups (broad SMARTS) is 1. The van der Waals surface area contributed by atoms with E-state index >= 15 is 0 Å². The number of aliphatic hydroxyl groups is 1. The van der Waals surface area contributed by atoms with Crippen molar-refractivity contribution in [3.05, 3.63) is 35.9 Å². The van der Waals surface area contributed by atoms with Crippen LogP contribution in [0, 0.1) is 0 Å². The molecule has 0 bridgehead atoms. The van der Waals surface area contributed by atoms with Crippen LogP contribution in [0.4, 0.5) is 9.18 Å². The largest absolute Gasteiger partial charge is 0.465 e. The number of nitrogens with zero attached hydrogens (tertiary/aromatic N) is 2. The molecule has 3 rings (SSSR count). The molecule has 2 heterocycles. The second-order valence-corrected chi connectivity index (χ2v) is 6.86. The number of carbonyl (C=O) groups is 1. The Morgan fingerprint density at radius 2 is 2.16 bits per heavy atom. The van der Waals surface area contributed by atoms with E-state index in [1.807, 2.05) is 30.3 Å². The summed E-state index contributed by atoms with van der Waals surface area (Å²) in [6, 6.07) is 8.43. The van der Waals surface area contributed by atoms with Gasteiger partial charge in [0, 0.05) is 7.05 Å². The zero-order chi connectivity index (χ0) is 18.0. The average molecular weight is 370 g/mol. The van der Waals surface area contributed by atoms with Gasteiger partial charge in [-0.2, -0.15) is 0 Å². The molecule has 5 atom stereocenters. The molecule has 1 aromatic rings. The van der Waals surface area contributed by atoms with Gasteiger partial charge in [0.1, 0.15) is 23.7 Å². The number of alkyl halides is 1. The predicted octanol–water partition coefficient (Wildman–Crippen LogP) is 1.71. The fraction of sp³-hybridized carbons (Fsp3) is 0.500. The van der Waals surface area contributed by atoms with E-state index in [0.717, 1.165) is 22.2 Å². The van der Waals surface area contributed by atoms with Crippen molar-refractivity contribution in [3.8, 4) is 0 Å². The van der Waals surface area contributed by atoms with E-state index in [9.17, 15) is 14.3 Å². The number of aliphatic hydroxyl groups excluding tert-OH is 1. The molecule has 7 nitrogen and oxygen atoms in total. The number of amidine groups is 1. The molecule has 1 fully saturated rings. The topological polar surface area (TPSA) is 91.6 Å². The second kappa shape index (κ2) is 7.69. The van der Waals surface area contributed by atoms with Crippen molar-refractivity contribution < 1.29 is 28.9 Å². The number of hydrogen-bond donors (Lipinski definition) is 2. The van der Waals surface area contributed by atoms with E-state index in [1.165, 1.54) is 7.05 Å². The smallest absolute Gasteiger partial charge is 0.413 e. The molecule has 25 heavy (non-hydrogen) atoms. The molecule has 9 heteroatoms. The number of fused-ring (bicyclic) bond motifs is 1. The first-order valence-electron chi connectivity index (χ1n) is 7.78. The van der Waals surface area contributed by atoms with Crippen molar-refractivity contribution in [2.24, 2.45) is 4.99 Å². The summed E-state index contributed by atoms with van der Waals surface area (Å²) in [7, 11) is 1.34. The van der Waals surface area contributed by atoms with Gasteiger partial charge in [0.25, 0.3) is 0 Å². The Hall–Kier alpha value is -1.68. The highest BCUT2D eigenvalue weighted by atomic mass is 32.2. The Morgan fingerprint density at radius 3 is 2.80 bits per heavy atom. The molecule has 1 saturated heterocycles. The summed E-state index contributed by atoms with van der Waals surface area (Å²) < 4.78 is 26.4. The molecule has 0 unspecified atom stereocenters. The van der Waals surface area contributed by atoms with E-state index in [4.69, 9.17) is 14.6 Å². The number of benzene rings is 1. The molecular weight excluding hydrogens is 351 g/mol. The van der Waals surface area contributed by atoms with Gasteiger partial charge in [-0.15, -0.1) is 0 Å². The van der Waals surface area contributed by atoms with Crippen molar-refractivity contribution in [1.29, 1.82) is 0 Å². The van der Waals surface area contributed by atoms with Crippen LogP contribution in [0.25, 0.3) is 0 Å². The Morgan fingerprint density at radius 1 is 1.44 bits per heavy atom. The minimum atomic E-state index is -1.51. The Labute approximate surface area is 148 Å². The van der Waals surface area contributed by atoms with Gasteiger partial charge in [-0.3, -0.25) is 9.89 Å². The third-order valence-corrected chi connectivity index (χ3v) is 5.33. The van der Waals surface area contributed by atoms with Gasteiger partial charge in [-0.05, 0) is 5.56 Å². The summed E-state index contributed by atoms with van der Waals surface area (Å²) in [5.74, 6) is 0. The number of rotatable bonds is 4. The normalized spacial score (nSPS) is 31.3. The van der Waals surface area contributed by atoms with E-state index < -0.39 is 42.6 Å². The van der Waals surface area contributed by atoms with Crippen LogP contribution in [-0.2, 0) is 16.1 Å². The van der Waals surface area contributed by atoms with E-state index in [1.54, 1.807) is 0 Å². The molecule has 1 aromatic carbocycles. The molecule has 2 N–H and O–H groups in total. The van der Waals surface area contributed by atoms with Gasteiger partial charge in [-0.1, -0.05) is 42.1 Å². The maximum absolute atomic E-state index is 15.0. The standard InChI is InChI=1S/C16H19FN2O5S/c1-19(16(21)22)15-18-12-11(17)13(10(7-20)24-14(12)25-15)23-8-9-5-3-2-4-6-9/h2-6,10-14,20H,7-8H2,1H3,(H,21,22)/t10-,11-,12-,13+,14-/m1/s1. The zero-order valence-electron chi connectivity index (χ0n) is 13.5. The summed E-state index contributed by atoms with van der Waals surface area (Å²) in [6.45, 7) is -0.213. The van der Waals surface area contributed by atoms with Gasteiger partial charge >= 0.3 is 6.09 Å². The van der Waals surface area contributed by atoms with Crippen LogP contribution < -0.4 is 0 Å². The van der Waals surface area contributed by atoms with Crippen LogP contribution in [0.5, 0.6) is 0 Å². The molecule has 2 aliphatic heterocycles. The summed E-state index contributed by atoms with van der Waals surface area (Å²) in [6.07, 6.45) is -4.51. The number of ether oxygens (including phenoxy) is 2. The second-order valence-electron chi connectivity index (χ2n) is 5.79. The third-order valence-electron chi connectivity index (χ3n) is 4.11. The van der Waals surface area contributed by atoms with Crippen LogP contribution in [0.1, 0.15) is 5.56 Å². The number of thioether (sulfide) groups is 1. The molecule has 2 aliphatic rings. The molecule has 1 amide bonds. The van der Waals surface area contributed by atoms with E-state index in [0.29, 0.717) is 0 Å². The number of halogens is 1. The van der Waals surface area contributed by atoms with Crippen LogP contribution in [0.2, 0.25) is 0 Å². The lowest BCUT2D eigenvalue weighted by molar-refractivity contribution is -0.171. The maximum Gasteiger partial charge on any atom is 0.413 e. The molecule has 0 radical (unpaired) electrons. The highest BCUT2D eigenvalue weighted by molar-refractivity contribution is 8.14. The number of aliphatic imine (C=N–C) groups is 1. The van der Waals surface area contributed by atoms with Gasteiger partial charge in [0.15, 0.2) is 11.3 Å². The van der Waals surface area contributed by atoms with Crippen LogP contribution in [0.15, 0.2) is 35.3 Å². The van der Waals surface area contributed by atoms with Crippen molar-refractivity contribution in [2.75, 3.05) is 13.7 Å².